The normalized spacial score (nSPS) is 42.1. The number of hydrogen-bond donors (Lipinski definition) is 1. The topological polar surface area (TPSA) is 63.1 Å². The van der Waals surface area contributed by atoms with Crippen LogP contribution in [0.5, 0.6) is 0 Å². The summed E-state index contributed by atoms with van der Waals surface area (Å²) in [5.74, 6) is -15.0. The minimum absolute atomic E-state index is 0.106. The number of alkyl halides is 2. The second-order valence-electron chi connectivity index (χ2n) is 9.39. The quantitative estimate of drug-likeness (QED) is 0.455. The van der Waals surface area contributed by atoms with E-state index in [1.807, 2.05) is 0 Å². The van der Waals surface area contributed by atoms with Gasteiger partial charge >= 0.3 is 0 Å². The summed E-state index contributed by atoms with van der Waals surface area (Å²) in [7, 11) is 0. The van der Waals surface area contributed by atoms with E-state index >= 15 is 8.78 Å². The summed E-state index contributed by atoms with van der Waals surface area (Å²) in [6, 6.07) is 3.46. The lowest BCUT2D eigenvalue weighted by atomic mass is 9.86. The van der Waals surface area contributed by atoms with Gasteiger partial charge < -0.3 is 9.88 Å². The number of rotatable bonds is 8. The van der Waals surface area contributed by atoms with Crippen LogP contribution in [0, 0.1) is 12.8 Å². The summed E-state index contributed by atoms with van der Waals surface area (Å²) in [5, 5.41) is 9.60. The lowest BCUT2D eigenvalue weighted by molar-refractivity contribution is -0.130. The smallest absolute Gasteiger partial charge is 0.248 e. The number of piperidine rings is 1. The van der Waals surface area contributed by atoms with Gasteiger partial charge in [-0.05, 0) is 57.3 Å². The minimum Gasteiger partial charge on any atom is -0.349 e. The Morgan fingerprint density at radius 3 is 2.54 bits per heavy atom. The van der Waals surface area contributed by atoms with Gasteiger partial charge in [-0.25, -0.2) is 8.78 Å². The molecule has 2 saturated heterocycles. The number of halogens is 2. The van der Waals surface area contributed by atoms with Gasteiger partial charge in [0.05, 0.1) is 6.04 Å². The fraction of sp³-hybridized carbons (Fsp3) is 0.690. The SMILES string of the molecule is [2H]C([2H])([2H])c1nnc(C([2H])(C([2H])([2H])[2H])C([2H])([2H])[2H])n1C1CC2CCC(C1)N2C([2H])([2H])CC(NC(=O)C1C([2H])([2H])C([2H])([2H])C(F)(F)C([2H])([2H])C1([2H])[2H])c1ccccc1. The molecule has 3 fully saturated rings. The Balaban J connectivity index is 1.50. The Labute approximate surface area is 247 Å². The zero-order valence-electron chi connectivity index (χ0n) is 39.8. The highest BCUT2D eigenvalue weighted by atomic mass is 19.3. The van der Waals surface area contributed by atoms with Gasteiger partial charge in [0.25, 0.3) is 0 Å². The van der Waals surface area contributed by atoms with Crippen molar-refractivity contribution in [1.82, 2.24) is 25.0 Å². The van der Waals surface area contributed by atoms with Crippen molar-refractivity contribution in [1.29, 1.82) is 0 Å². The summed E-state index contributed by atoms with van der Waals surface area (Å²) in [4.78, 5) is 15.3. The zero-order valence-corrected chi connectivity index (χ0v) is 19.8. The van der Waals surface area contributed by atoms with Crippen molar-refractivity contribution in [2.45, 2.75) is 114 Å². The molecule has 2 bridgehead atoms. The zero-order chi connectivity index (χ0) is 43.5. The molecule has 2 aromatic rings. The van der Waals surface area contributed by atoms with Gasteiger partial charge in [0.15, 0.2) is 0 Å². The highest BCUT2D eigenvalue weighted by Gasteiger charge is 2.42. The third-order valence-corrected chi connectivity index (χ3v) is 7.00. The maximum atomic E-state index is 15.1. The number of benzene rings is 1. The first-order chi connectivity index (χ1) is 25.5. The van der Waals surface area contributed by atoms with E-state index in [0.717, 1.165) is 4.57 Å². The summed E-state index contributed by atoms with van der Waals surface area (Å²) >= 11 is 0. The van der Waals surface area contributed by atoms with Gasteiger partial charge in [0.1, 0.15) is 11.6 Å². The highest BCUT2D eigenvalue weighted by molar-refractivity contribution is 5.79. The Kier molecular flexibility index (Phi) is 3.33. The number of fused-ring (bicyclic) bond motifs is 2. The number of aromatic nitrogens is 3. The van der Waals surface area contributed by atoms with Crippen LogP contribution in [0.15, 0.2) is 30.3 Å². The molecule has 37 heavy (non-hydrogen) atoms. The van der Waals surface area contributed by atoms with E-state index in [4.69, 9.17) is 24.7 Å². The Bertz CT molecular complexity index is 1770. The standard InChI is InChI=1S/C29H41F2N5O/c1-19(2)27-34-33-20(3)36(27)25-17-23-9-10-24(18-25)35(23)16-13-26(21-7-5-4-6-8-21)32-28(37)22-11-14-29(30,31)15-12-22/h4-8,19,22-26H,9-18H2,1-3H3,(H,32,37)/i1D3,2D3,3D3,11D2,12D2,14D2,15D2,16D2,19D. The van der Waals surface area contributed by atoms with E-state index < -0.39 is 118 Å². The second kappa shape index (κ2) is 10.8. The first-order valence-electron chi connectivity index (χ1n) is 22.0. The van der Waals surface area contributed by atoms with Crippen LogP contribution in [0.3, 0.4) is 0 Å². The third kappa shape index (κ3) is 5.74. The fourth-order valence-corrected chi connectivity index (χ4v) is 5.34. The molecule has 3 unspecified atom stereocenters. The average Bonchev–Trinajstić information content (AvgIpc) is 3.62. The molecule has 3 atom stereocenters. The summed E-state index contributed by atoms with van der Waals surface area (Å²) < 4.78 is 195. The minimum atomic E-state index is -5.23. The molecule has 1 aromatic carbocycles. The van der Waals surface area contributed by atoms with Crippen LogP contribution in [-0.2, 0) is 4.79 Å². The Morgan fingerprint density at radius 1 is 1.19 bits per heavy atom. The monoisotopic (exact) mass is 533 g/mol. The van der Waals surface area contributed by atoms with Crippen molar-refractivity contribution in [3.05, 3.63) is 47.5 Å². The number of aryl methyl sites for hydroxylation is 1. The maximum Gasteiger partial charge on any atom is 0.248 e. The van der Waals surface area contributed by atoms with E-state index in [1.54, 1.807) is 6.07 Å². The van der Waals surface area contributed by atoms with Crippen LogP contribution >= 0.6 is 0 Å². The molecule has 3 heterocycles. The molecular weight excluding hydrogens is 472 g/mol. The molecule has 6 nitrogen and oxygen atoms in total. The van der Waals surface area contributed by atoms with Crippen molar-refractivity contribution < 1.29 is 41.0 Å². The van der Waals surface area contributed by atoms with Crippen molar-refractivity contribution >= 4 is 5.91 Å². The van der Waals surface area contributed by atoms with Crippen LogP contribution < -0.4 is 5.32 Å². The predicted molar refractivity (Wildman–Crippen MR) is 139 cm³/mol. The Hall–Kier alpha value is -2.35. The average molecular weight is 534 g/mol. The second-order valence-corrected chi connectivity index (χ2v) is 9.39. The van der Waals surface area contributed by atoms with E-state index in [-0.39, 0.29) is 18.4 Å². The molecule has 0 spiro atoms. The van der Waals surface area contributed by atoms with E-state index in [1.165, 1.54) is 29.2 Å². The first-order valence-corrected chi connectivity index (χ1v) is 12.0. The molecule has 5 rings (SSSR count). The van der Waals surface area contributed by atoms with Crippen LogP contribution in [0.1, 0.15) is 134 Å². The highest BCUT2D eigenvalue weighted by Crippen LogP contribution is 2.42. The molecule has 202 valence electrons. The fourth-order valence-electron chi connectivity index (χ4n) is 5.34. The number of amides is 1. The van der Waals surface area contributed by atoms with Crippen LogP contribution in [0.25, 0.3) is 0 Å². The summed E-state index contributed by atoms with van der Waals surface area (Å²) in [6.45, 7) is -12.5. The Morgan fingerprint density at radius 2 is 1.89 bits per heavy atom. The summed E-state index contributed by atoms with van der Waals surface area (Å²) in [6.07, 6.45) is -17.0. The molecule has 1 amide bonds. The van der Waals surface area contributed by atoms with Crippen LogP contribution in [0.4, 0.5) is 8.78 Å². The number of carbonyl (C=O) groups excluding carboxylic acids is 1. The van der Waals surface area contributed by atoms with Crippen LogP contribution in [-0.4, -0.2) is 50.1 Å². The molecule has 3 aliphatic rings. The third-order valence-electron chi connectivity index (χ3n) is 7.00. The molecule has 0 radical (unpaired) electrons. The van der Waals surface area contributed by atoms with Gasteiger partial charge in [0, 0.05) is 76.6 Å². The molecule has 1 N–H and O–H groups in total. The van der Waals surface area contributed by atoms with E-state index in [0.29, 0.717) is 12.8 Å². The molecule has 1 saturated carbocycles. The van der Waals surface area contributed by atoms with Crippen LogP contribution in [0.2, 0.25) is 0 Å². The van der Waals surface area contributed by atoms with Gasteiger partial charge in [-0.3, -0.25) is 9.69 Å². The predicted octanol–water partition coefficient (Wildman–Crippen LogP) is 5.95. The van der Waals surface area contributed by atoms with Crippen molar-refractivity contribution in [2.75, 3.05) is 6.50 Å². The largest absolute Gasteiger partial charge is 0.349 e. The number of hydrogen-bond acceptors (Lipinski definition) is 4. The van der Waals surface area contributed by atoms with E-state index in [2.05, 4.69) is 15.5 Å². The molecule has 8 heteroatoms. The van der Waals surface area contributed by atoms with Gasteiger partial charge in [0.2, 0.25) is 11.8 Å². The number of nitrogens with zero attached hydrogens (tertiary/aromatic N) is 4. The first kappa shape index (κ1) is 11.4. The van der Waals surface area contributed by atoms with Gasteiger partial charge in [-0.1, -0.05) is 44.0 Å². The molecule has 2 aliphatic heterocycles. The lowest BCUT2D eigenvalue weighted by Crippen LogP contribution is -2.45. The number of carbonyl (C=O) groups is 1. The lowest BCUT2D eigenvalue weighted by Gasteiger charge is -2.40. The molecule has 1 aromatic heterocycles. The van der Waals surface area contributed by atoms with Gasteiger partial charge in [-0.2, -0.15) is 0 Å². The van der Waals surface area contributed by atoms with Gasteiger partial charge in [-0.15, -0.1) is 10.2 Å². The molecule has 1 aliphatic carbocycles. The molecular formula is C29H41F2N5O. The number of nitrogens with one attached hydrogen (secondary N) is 1. The van der Waals surface area contributed by atoms with Crippen molar-refractivity contribution in [3.8, 4) is 0 Å². The van der Waals surface area contributed by atoms with Crippen molar-refractivity contribution in [2.24, 2.45) is 5.92 Å². The summed E-state index contributed by atoms with van der Waals surface area (Å²) in [5.41, 5.74) is 0.183. The van der Waals surface area contributed by atoms with E-state index in [9.17, 15) is 7.54 Å². The van der Waals surface area contributed by atoms with Crippen molar-refractivity contribution in [3.63, 3.8) is 0 Å². The maximum absolute atomic E-state index is 15.1.